The van der Waals surface area contributed by atoms with Crippen LogP contribution in [0.15, 0.2) is 30.6 Å². The zero-order valence-corrected chi connectivity index (χ0v) is 13.6. The molecule has 0 N–H and O–H groups in total. The molecule has 1 saturated carbocycles. The number of fused-ring (bicyclic) bond motifs is 1. The minimum atomic E-state index is 0.294. The highest BCUT2D eigenvalue weighted by Crippen LogP contribution is 2.28. The van der Waals surface area contributed by atoms with E-state index < -0.39 is 0 Å². The van der Waals surface area contributed by atoms with Gasteiger partial charge in [-0.05, 0) is 48.8 Å². The Morgan fingerprint density at radius 3 is 2.78 bits per heavy atom. The number of hydrogen-bond acceptors (Lipinski definition) is 2. The highest BCUT2D eigenvalue weighted by atomic mass is 16.1. The van der Waals surface area contributed by atoms with Crippen molar-refractivity contribution in [3.8, 4) is 11.1 Å². The van der Waals surface area contributed by atoms with Gasteiger partial charge in [-0.2, -0.15) is 5.10 Å². The lowest BCUT2D eigenvalue weighted by Gasteiger charge is -2.21. The zero-order chi connectivity index (χ0) is 15.6. The second-order valence-electron chi connectivity index (χ2n) is 7.10. The number of nitrogens with zero attached hydrogens (tertiary/aromatic N) is 2. The molecule has 0 radical (unpaired) electrons. The summed E-state index contributed by atoms with van der Waals surface area (Å²) in [6, 6.07) is 6.33. The molecule has 1 fully saturated rings. The lowest BCUT2D eigenvalue weighted by molar-refractivity contribution is 0.0972. The van der Waals surface area contributed by atoms with E-state index >= 15 is 0 Å². The van der Waals surface area contributed by atoms with Gasteiger partial charge in [0.05, 0.1) is 6.20 Å². The third-order valence-electron chi connectivity index (χ3n) is 5.40. The Hall–Kier alpha value is -1.90. The Morgan fingerprint density at radius 2 is 1.91 bits per heavy atom. The van der Waals surface area contributed by atoms with Crippen LogP contribution < -0.4 is 0 Å². The number of ketones is 1. The number of rotatable bonds is 3. The van der Waals surface area contributed by atoms with Crippen LogP contribution >= 0.6 is 0 Å². The van der Waals surface area contributed by atoms with E-state index in [0.29, 0.717) is 12.2 Å². The van der Waals surface area contributed by atoms with Crippen LogP contribution in [0.2, 0.25) is 0 Å². The first-order chi connectivity index (χ1) is 11.3. The standard InChI is InChI=1S/C20H24N2O/c23-20-8-4-7-16-9-10-17(11-19(16)20)18-12-21-22(14-18)13-15-5-2-1-3-6-15/h9-12,14-15H,1-8,13H2. The van der Waals surface area contributed by atoms with Gasteiger partial charge in [0.25, 0.3) is 0 Å². The summed E-state index contributed by atoms with van der Waals surface area (Å²) >= 11 is 0. The molecule has 0 bridgehead atoms. The monoisotopic (exact) mass is 308 g/mol. The van der Waals surface area contributed by atoms with E-state index in [2.05, 4.69) is 34.2 Å². The summed E-state index contributed by atoms with van der Waals surface area (Å²) in [5.41, 5.74) is 4.38. The molecule has 120 valence electrons. The van der Waals surface area contributed by atoms with Crippen molar-refractivity contribution in [1.29, 1.82) is 0 Å². The molecule has 3 nitrogen and oxygen atoms in total. The molecule has 1 aromatic carbocycles. The van der Waals surface area contributed by atoms with Crippen molar-refractivity contribution in [3.63, 3.8) is 0 Å². The van der Waals surface area contributed by atoms with E-state index in [1.165, 1.54) is 37.7 Å². The van der Waals surface area contributed by atoms with E-state index in [0.717, 1.165) is 42.0 Å². The van der Waals surface area contributed by atoms with Gasteiger partial charge in [-0.1, -0.05) is 31.4 Å². The number of Topliss-reactive ketones (excluding diaryl/α,β-unsaturated/α-hetero) is 1. The number of carbonyl (C=O) groups excluding carboxylic acids is 1. The highest BCUT2D eigenvalue weighted by Gasteiger charge is 2.18. The Morgan fingerprint density at radius 1 is 1.04 bits per heavy atom. The number of hydrogen-bond donors (Lipinski definition) is 0. The van der Waals surface area contributed by atoms with Gasteiger partial charge in [0, 0.05) is 30.3 Å². The van der Waals surface area contributed by atoms with Gasteiger partial charge >= 0.3 is 0 Å². The zero-order valence-electron chi connectivity index (χ0n) is 13.6. The van der Waals surface area contributed by atoms with Gasteiger partial charge in [0.15, 0.2) is 5.78 Å². The molecule has 0 aliphatic heterocycles. The average Bonchev–Trinajstić information content (AvgIpc) is 3.04. The van der Waals surface area contributed by atoms with E-state index in [1.807, 2.05) is 6.20 Å². The van der Waals surface area contributed by atoms with Crippen LogP contribution in [-0.2, 0) is 13.0 Å². The largest absolute Gasteiger partial charge is 0.294 e. The smallest absolute Gasteiger partial charge is 0.163 e. The maximum absolute atomic E-state index is 12.1. The number of benzene rings is 1. The molecule has 0 unspecified atom stereocenters. The Bertz CT molecular complexity index is 710. The number of aromatic nitrogens is 2. The van der Waals surface area contributed by atoms with Crippen LogP contribution in [-0.4, -0.2) is 15.6 Å². The first kappa shape index (κ1) is 14.7. The number of carbonyl (C=O) groups is 1. The SMILES string of the molecule is O=C1CCCc2ccc(-c3cnn(CC4CCCCC4)c3)cc21. The summed E-state index contributed by atoms with van der Waals surface area (Å²) in [7, 11) is 0. The minimum Gasteiger partial charge on any atom is -0.294 e. The van der Waals surface area contributed by atoms with Crippen LogP contribution in [0.3, 0.4) is 0 Å². The predicted octanol–water partition coefficient (Wildman–Crippen LogP) is 4.65. The van der Waals surface area contributed by atoms with Gasteiger partial charge < -0.3 is 0 Å². The fourth-order valence-electron chi connectivity index (χ4n) is 4.05. The average molecular weight is 308 g/mol. The molecule has 1 heterocycles. The van der Waals surface area contributed by atoms with Gasteiger partial charge in [-0.15, -0.1) is 0 Å². The Labute approximate surface area is 137 Å². The van der Waals surface area contributed by atoms with Gasteiger partial charge in [-0.25, -0.2) is 0 Å². The lowest BCUT2D eigenvalue weighted by atomic mass is 9.88. The van der Waals surface area contributed by atoms with Crippen LogP contribution in [0.25, 0.3) is 11.1 Å². The molecular formula is C20H24N2O. The van der Waals surface area contributed by atoms with Crippen molar-refractivity contribution in [3.05, 3.63) is 41.7 Å². The fourth-order valence-corrected chi connectivity index (χ4v) is 4.05. The summed E-state index contributed by atoms with van der Waals surface area (Å²) < 4.78 is 2.09. The van der Waals surface area contributed by atoms with Gasteiger partial charge in [-0.3, -0.25) is 9.48 Å². The number of aryl methyl sites for hydroxylation is 1. The summed E-state index contributed by atoms with van der Waals surface area (Å²) in [6.07, 6.45) is 13.6. The predicted molar refractivity (Wildman–Crippen MR) is 91.5 cm³/mol. The second-order valence-corrected chi connectivity index (χ2v) is 7.10. The van der Waals surface area contributed by atoms with Crippen LogP contribution in [0.5, 0.6) is 0 Å². The van der Waals surface area contributed by atoms with E-state index in [9.17, 15) is 4.79 Å². The Balaban J connectivity index is 1.54. The van der Waals surface area contributed by atoms with Gasteiger partial charge in [0.1, 0.15) is 0 Å². The van der Waals surface area contributed by atoms with Crippen molar-refractivity contribution in [2.45, 2.75) is 57.9 Å². The van der Waals surface area contributed by atoms with Crippen molar-refractivity contribution in [2.24, 2.45) is 5.92 Å². The quantitative estimate of drug-likeness (QED) is 0.827. The first-order valence-corrected chi connectivity index (χ1v) is 8.98. The molecule has 1 aromatic heterocycles. The molecule has 23 heavy (non-hydrogen) atoms. The molecule has 0 spiro atoms. The molecule has 0 amide bonds. The maximum atomic E-state index is 12.1. The van der Waals surface area contributed by atoms with Crippen LogP contribution in [0, 0.1) is 5.92 Å². The van der Waals surface area contributed by atoms with Crippen LogP contribution in [0.1, 0.15) is 60.9 Å². The molecule has 2 aliphatic carbocycles. The third kappa shape index (κ3) is 3.10. The molecule has 2 aliphatic rings. The van der Waals surface area contributed by atoms with Gasteiger partial charge in [0.2, 0.25) is 0 Å². The van der Waals surface area contributed by atoms with Crippen molar-refractivity contribution in [2.75, 3.05) is 0 Å². The van der Waals surface area contributed by atoms with Crippen molar-refractivity contribution in [1.82, 2.24) is 9.78 Å². The van der Waals surface area contributed by atoms with E-state index in [4.69, 9.17) is 0 Å². The topological polar surface area (TPSA) is 34.9 Å². The molecule has 2 aromatic rings. The lowest BCUT2D eigenvalue weighted by Crippen LogP contribution is -2.14. The second kappa shape index (κ2) is 6.31. The summed E-state index contributed by atoms with van der Waals surface area (Å²) in [5, 5.41) is 4.55. The molecule has 0 atom stereocenters. The minimum absolute atomic E-state index is 0.294. The molecule has 4 rings (SSSR count). The molecule has 0 saturated heterocycles. The third-order valence-corrected chi connectivity index (χ3v) is 5.40. The van der Waals surface area contributed by atoms with E-state index in [-0.39, 0.29) is 0 Å². The van der Waals surface area contributed by atoms with Crippen LogP contribution in [0.4, 0.5) is 0 Å². The maximum Gasteiger partial charge on any atom is 0.163 e. The first-order valence-electron chi connectivity index (χ1n) is 8.98. The molecule has 3 heteroatoms. The molecular weight excluding hydrogens is 284 g/mol. The highest BCUT2D eigenvalue weighted by molar-refractivity contribution is 5.99. The van der Waals surface area contributed by atoms with Crippen molar-refractivity contribution >= 4 is 5.78 Å². The summed E-state index contributed by atoms with van der Waals surface area (Å²) in [5.74, 6) is 1.07. The summed E-state index contributed by atoms with van der Waals surface area (Å²) in [6.45, 7) is 1.03. The Kier molecular flexibility index (Phi) is 4.02. The fraction of sp³-hybridized carbons (Fsp3) is 0.500. The summed E-state index contributed by atoms with van der Waals surface area (Å²) in [4.78, 5) is 12.1. The normalized spacial score (nSPS) is 18.9. The van der Waals surface area contributed by atoms with Crippen molar-refractivity contribution < 1.29 is 4.79 Å². The van der Waals surface area contributed by atoms with E-state index in [1.54, 1.807) is 0 Å².